The van der Waals surface area contributed by atoms with Crippen molar-refractivity contribution >= 4 is 66.0 Å². The molecule has 1 amide bonds. The molecule has 0 spiro atoms. The quantitative estimate of drug-likeness (QED) is 0.275. The monoisotopic (exact) mass is 556 g/mol. The van der Waals surface area contributed by atoms with Gasteiger partial charge in [-0.3, -0.25) is 4.79 Å². The van der Waals surface area contributed by atoms with Gasteiger partial charge in [0.1, 0.15) is 0 Å². The topological polar surface area (TPSA) is 42.0 Å². The SMILES string of the molecule is Cc1cc(NC(=O)c2cc(-c3ccc(Cl)cc3)nc3c(C)cc(Br)cc23)cc(C)c1Br. The van der Waals surface area contributed by atoms with E-state index in [9.17, 15) is 4.79 Å². The Balaban J connectivity index is 1.86. The van der Waals surface area contributed by atoms with Crippen molar-refractivity contribution in [2.45, 2.75) is 20.8 Å². The van der Waals surface area contributed by atoms with Crippen molar-refractivity contribution < 1.29 is 4.79 Å². The summed E-state index contributed by atoms with van der Waals surface area (Å²) < 4.78 is 1.95. The fraction of sp³-hybridized carbons (Fsp3) is 0.120. The van der Waals surface area contributed by atoms with E-state index >= 15 is 0 Å². The van der Waals surface area contributed by atoms with Crippen LogP contribution >= 0.6 is 43.5 Å². The first-order valence-corrected chi connectivity index (χ1v) is 11.6. The molecule has 0 atom stereocenters. The molecule has 4 aromatic rings. The van der Waals surface area contributed by atoms with Gasteiger partial charge in [0.25, 0.3) is 5.91 Å². The third-order valence-corrected chi connectivity index (χ3v) is 7.11. The fourth-order valence-corrected chi connectivity index (χ4v) is 4.56. The molecule has 0 radical (unpaired) electrons. The molecule has 6 heteroatoms. The number of benzene rings is 3. The maximum Gasteiger partial charge on any atom is 0.256 e. The number of nitrogens with one attached hydrogen (secondary N) is 1. The smallest absolute Gasteiger partial charge is 0.256 e. The predicted molar refractivity (Wildman–Crippen MR) is 136 cm³/mol. The van der Waals surface area contributed by atoms with Crippen LogP contribution in [0.3, 0.4) is 0 Å². The highest BCUT2D eigenvalue weighted by molar-refractivity contribution is 9.10. The van der Waals surface area contributed by atoms with Crippen LogP contribution in [0.1, 0.15) is 27.0 Å². The van der Waals surface area contributed by atoms with Gasteiger partial charge in [-0.05, 0) is 79.9 Å². The highest BCUT2D eigenvalue weighted by Crippen LogP contribution is 2.31. The molecule has 1 heterocycles. The van der Waals surface area contributed by atoms with E-state index in [4.69, 9.17) is 16.6 Å². The Kier molecular flexibility index (Phi) is 6.20. The van der Waals surface area contributed by atoms with Gasteiger partial charge in [0.05, 0.1) is 16.8 Å². The minimum atomic E-state index is -0.179. The number of anilines is 1. The third kappa shape index (κ3) is 4.54. The Bertz CT molecular complexity index is 1310. The molecular formula is C25H19Br2ClN2O. The molecule has 1 N–H and O–H groups in total. The molecule has 0 aliphatic heterocycles. The largest absolute Gasteiger partial charge is 0.322 e. The number of carbonyl (C=O) groups excluding carboxylic acids is 1. The Labute approximate surface area is 203 Å². The molecule has 3 nitrogen and oxygen atoms in total. The number of aryl methyl sites for hydroxylation is 3. The van der Waals surface area contributed by atoms with Crippen LogP contribution in [0.2, 0.25) is 5.02 Å². The standard InChI is InChI=1S/C25H19Br2ClN2O/c1-13-9-19(10-14(2)23(13)27)29-25(31)21-12-22(16-4-6-18(28)7-5-16)30-24-15(3)8-17(26)11-20(21)24/h4-12H,1-3H3,(H,29,31). The van der Waals surface area contributed by atoms with Crippen LogP contribution in [-0.4, -0.2) is 10.9 Å². The maximum atomic E-state index is 13.4. The van der Waals surface area contributed by atoms with Gasteiger partial charge in [0.15, 0.2) is 0 Å². The summed E-state index contributed by atoms with van der Waals surface area (Å²) in [5.74, 6) is -0.179. The zero-order chi connectivity index (χ0) is 22.3. The van der Waals surface area contributed by atoms with Crippen LogP contribution in [-0.2, 0) is 0 Å². The molecule has 0 unspecified atom stereocenters. The first-order chi connectivity index (χ1) is 14.7. The molecule has 1 aromatic heterocycles. The third-order valence-electron chi connectivity index (χ3n) is 5.15. The zero-order valence-electron chi connectivity index (χ0n) is 17.2. The highest BCUT2D eigenvalue weighted by Gasteiger charge is 2.17. The number of pyridine rings is 1. The normalized spacial score (nSPS) is 11.0. The van der Waals surface area contributed by atoms with Gasteiger partial charge in [-0.2, -0.15) is 0 Å². The molecule has 3 aromatic carbocycles. The molecule has 4 rings (SSSR count). The van der Waals surface area contributed by atoms with E-state index in [1.165, 1.54) is 0 Å². The fourth-order valence-electron chi connectivity index (χ4n) is 3.63. The number of hydrogen-bond acceptors (Lipinski definition) is 2. The van der Waals surface area contributed by atoms with Gasteiger partial charge in [-0.15, -0.1) is 0 Å². The van der Waals surface area contributed by atoms with Crippen molar-refractivity contribution in [3.63, 3.8) is 0 Å². The van der Waals surface area contributed by atoms with Crippen LogP contribution in [0.15, 0.2) is 63.5 Å². The number of nitrogens with zero attached hydrogens (tertiary/aromatic N) is 1. The maximum absolute atomic E-state index is 13.4. The van der Waals surface area contributed by atoms with Gasteiger partial charge in [-0.1, -0.05) is 55.6 Å². The summed E-state index contributed by atoms with van der Waals surface area (Å²) in [6.45, 7) is 6.01. The number of rotatable bonds is 3. The highest BCUT2D eigenvalue weighted by atomic mass is 79.9. The summed E-state index contributed by atoms with van der Waals surface area (Å²) in [6, 6.07) is 17.2. The Morgan fingerprint density at radius 3 is 2.19 bits per heavy atom. The van der Waals surface area contributed by atoms with Crippen LogP contribution < -0.4 is 5.32 Å². The van der Waals surface area contributed by atoms with Crippen molar-refractivity contribution in [2.75, 3.05) is 5.32 Å². The molecule has 0 saturated heterocycles. The van der Waals surface area contributed by atoms with Crippen molar-refractivity contribution in [1.82, 2.24) is 4.98 Å². The Morgan fingerprint density at radius 2 is 1.55 bits per heavy atom. The van der Waals surface area contributed by atoms with E-state index in [0.717, 1.165) is 53.5 Å². The van der Waals surface area contributed by atoms with Crippen LogP contribution in [0, 0.1) is 20.8 Å². The molecule has 0 saturated carbocycles. The lowest BCUT2D eigenvalue weighted by Crippen LogP contribution is -2.13. The zero-order valence-corrected chi connectivity index (χ0v) is 21.1. The van der Waals surface area contributed by atoms with Crippen LogP contribution in [0.25, 0.3) is 22.2 Å². The summed E-state index contributed by atoms with van der Waals surface area (Å²) in [5.41, 5.74) is 6.87. The van der Waals surface area contributed by atoms with Gasteiger partial charge in [0.2, 0.25) is 0 Å². The lowest BCUT2D eigenvalue weighted by atomic mass is 10.0. The minimum Gasteiger partial charge on any atom is -0.322 e. The summed E-state index contributed by atoms with van der Waals surface area (Å²) >= 11 is 13.2. The van der Waals surface area contributed by atoms with Crippen LogP contribution in [0.5, 0.6) is 0 Å². The van der Waals surface area contributed by atoms with Gasteiger partial charge >= 0.3 is 0 Å². The van der Waals surface area contributed by atoms with Crippen molar-refractivity contribution in [3.05, 3.63) is 90.8 Å². The number of halogens is 3. The van der Waals surface area contributed by atoms with E-state index in [2.05, 4.69) is 37.2 Å². The van der Waals surface area contributed by atoms with Crippen molar-refractivity contribution in [2.24, 2.45) is 0 Å². The Morgan fingerprint density at radius 1 is 0.903 bits per heavy atom. The minimum absolute atomic E-state index is 0.179. The second-order valence-electron chi connectivity index (χ2n) is 7.56. The van der Waals surface area contributed by atoms with Gasteiger partial charge in [0, 0.05) is 30.6 Å². The van der Waals surface area contributed by atoms with E-state index in [1.807, 2.05) is 75.4 Å². The van der Waals surface area contributed by atoms with E-state index in [-0.39, 0.29) is 5.91 Å². The average molecular weight is 559 g/mol. The first kappa shape index (κ1) is 22.0. The number of aromatic nitrogens is 1. The van der Waals surface area contributed by atoms with E-state index in [0.29, 0.717) is 10.6 Å². The number of carbonyl (C=O) groups is 1. The second-order valence-corrected chi connectivity index (χ2v) is 9.70. The van der Waals surface area contributed by atoms with Gasteiger partial charge < -0.3 is 5.32 Å². The molecule has 0 fully saturated rings. The Hall–Kier alpha value is -2.21. The average Bonchev–Trinajstić information content (AvgIpc) is 2.72. The van der Waals surface area contributed by atoms with E-state index in [1.54, 1.807) is 0 Å². The second kappa shape index (κ2) is 8.73. The van der Waals surface area contributed by atoms with Crippen molar-refractivity contribution in [3.8, 4) is 11.3 Å². The molecule has 0 aliphatic carbocycles. The van der Waals surface area contributed by atoms with E-state index < -0.39 is 0 Å². The lowest BCUT2D eigenvalue weighted by Gasteiger charge is -2.14. The number of amides is 1. The first-order valence-electron chi connectivity index (χ1n) is 9.68. The number of hydrogen-bond donors (Lipinski definition) is 1. The molecule has 156 valence electrons. The number of fused-ring (bicyclic) bond motifs is 1. The summed E-state index contributed by atoms with van der Waals surface area (Å²) in [4.78, 5) is 18.3. The molecule has 0 bridgehead atoms. The summed E-state index contributed by atoms with van der Waals surface area (Å²) in [5, 5.41) is 4.52. The van der Waals surface area contributed by atoms with Crippen LogP contribution in [0.4, 0.5) is 5.69 Å². The summed E-state index contributed by atoms with van der Waals surface area (Å²) in [6.07, 6.45) is 0. The summed E-state index contributed by atoms with van der Waals surface area (Å²) in [7, 11) is 0. The molecule has 0 aliphatic rings. The molecule has 31 heavy (non-hydrogen) atoms. The molecular weight excluding hydrogens is 540 g/mol. The van der Waals surface area contributed by atoms with Gasteiger partial charge in [-0.25, -0.2) is 4.98 Å². The lowest BCUT2D eigenvalue weighted by molar-refractivity contribution is 0.102. The predicted octanol–water partition coefficient (Wildman–Crippen LogP) is 8.26. The van der Waals surface area contributed by atoms with Crippen molar-refractivity contribution in [1.29, 1.82) is 0 Å².